The molecule has 0 heterocycles. The van der Waals surface area contributed by atoms with Crippen LogP contribution in [0.1, 0.15) is 22.8 Å². The van der Waals surface area contributed by atoms with Crippen LogP contribution in [0.15, 0.2) is 46.9 Å². The lowest BCUT2D eigenvalue weighted by atomic mass is 10.0. The highest BCUT2D eigenvalue weighted by Gasteiger charge is 2.12. The van der Waals surface area contributed by atoms with Crippen LogP contribution in [0.4, 0.5) is 5.69 Å². The number of hydrogen-bond acceptors (Lipinski definition) is 3. The second kappa shape index (κ2) is 7.22. The van der Waals surface area contributed by atoms with Crippen molar-refractivity contribution < 1.29 is 14.3 Å². The molecule has 0 unspecified atom stereocenters. The zero-order valence-electron chi connectivity index (χ0n) is 12.4. The van der Waals surface area contributed by atoms with Gasteiger partial charge in [-0.15, -0.1) is 0 Å². The monoisotopic (exact) mass is 361 g/mol. The Hall–Kier alpha value is -2.14. The van der Waals surface area contributed by atoms with E-state index in [1.165, 1.54) is 6.92 Å². The Bertz CT molecular complexity index is 713. The smallest absolute Gasteiger partial charge is 0.228 e. The lowest BCUT2D eigenvalue weighted by Gasteiger charge is -2.10. The largest absolute Gasteiger partial charge is 0.496 e. The molecule has 1 amide bonds. The molecule has 0 atom stereocenters. The number of anilines is 1. The first-order valence-corrected chi connectivity index (χ1v) is 7.52. The van der Waals surface area contributed by atoms with Gasteiger partial charge < -0.3 is 10.1 Å². The molecule has 5 heteroatoms. The quantitative estimate of drug-likeness (QED) is 0.823. The fourth-order valence-electron chi connectivity index (χ4n) is 2.08. The molecule has 0 spiro atoms. The minimum atomic E-state index is -0.169. The first kappa shape index (κ1) is 16.2. The third-order valence-corrected chi connectivity index (χ3v) is 3.64. The Morgan fingerprint density at radius 2 is 1.95 bits per heavy atom. The summed E-state index contributed by atoms with van der Waals surface area (Å²) < 4.78 is 6.14. The van der Waals surface area contributed by atoms with E-state index in [-0.39, 0.29) is 18.1 Å². The van der Waals surface area contributed by atoms with E-state index >= 15 is 0 Å². The third-order valence-electron chi connectivity index (χ3n) is 3.15. The van der Waals surface area contributed by atoms with Crippen molar-refractivity contribution in [1.82, 2.24) is 0 Å². The van der Waals surface area contributed by atoms with Gasteiger partial charge in [0, 0.05) is 21.3 Å². The SMILES string of the molecule is COc1ccc(C(C)=O)cc1CC(=O)Nc1cccc(Br)c1. The Morgan fingerprint density at radius 1 is 1.18 bits per heavy atom. The number of hydrogen-bond donors (Lipinski definition) is 1. The van der Waals surface area contributed by atoms with Crippen LogP contribution in [0.5, 0.6) is 5.75 Å². The molecule has 0 bridgehead atoms. The van der Waals surface area contributed by atoms with E-state index in [9.17, 15) is 9.59 Å². The number of nitrogens with one attached hydrogen (secondary N) is 1. The van der Waals surface area contributed by atoms with Crippen molar-refractivity contribution in [2.24, 2.45) is 0 Å². The van der Waals surface area contributed by atoms with Crippen LogP contribution >= 0.6 is 15.9 Å². The summed E-state index contributed by atoms with van der Waals surface area (Å²) in [6.45, 7) is 1.49. The number of amides is 1. The van der Waals surface area contributed by atoms with E-state index in [0.717, 1.165) is 4.47 Å². The fourth-order valence-corrected chi connectivity index (χ4v) is 2.48. The van der Waals surface area contributed by atoms with Gasteiger partial charge in [0.25, 0.3) is 0 Å². The molecular formula is C17H16BrNO3. The summed E-state index contributed by atoms with van der Waals surface area (Å²) in [7, 11) is 1.54. The van der Waals surface area contributed by atoms with Gasteiger partial charge in [0.1, 0.15) is 5.75 Å². The summed E-state index contributed by atoms with van der Waals surface area (Å²) in [5.74, 6) is 0.378. The van der Waals surface area contributed by atoms with Crippen LogP contribution in [0.2, 0.25) is 0 Å². The molecule has 0 aliphatic rings. The second-order valence-electron chi connectivity index (χ2n) is 4.82. The highest BCUT2D eigenvalue weighted by molar-refractivity contribution is 9.10. The van der Waals surface area contributed by atoms with Crippen molar-refractivity contribution in [2.45, 2.75) is 13.3 Å². The van der Waals surface area contributed by atoms with E-state index in [0.29, 0.717) is 22.6 Å². The van der Waals surface area contributed by atoms with Crippen molar-refractivity contribution in [3.63, 3.8) is 0 Å². The zero-order valence-corrected chi connectivity index (χ0v) is 13.9. The second-order valence-corrected chi connectivity index (χ2v) is 5.73. The predicted octanol–water partition coefficient (Wildman–Crippen LogP) is 3.84. The minimum Gasteiger partial charge on any atom is -0.496 e. The van der Waals surface area contributed by atoms with Gasteiger partial charge in [-0.2, -0.15) is 0 Å². The summed E-state index contributed by atoms with van der Waals surface area (Å²) in [5.41, 5.74) is 1.95. The van der Waals surface area contributed by atoms with Crippen molar-refractivity contribution in [3.05, 3.63) is 58.1 Å². The minimum absolute atomic E-state index is 0.0451. The maximum absolute atomic E-state index is 12.2. The number of Topliss-reactive ketones (excluding diaryl/α,β-unsaturated/α-hetero) is 1. The molecule has 2 aromatic carbocycles. The van der Waals surface area contributed by atoms with Crippen LogP contribution in [-0.4, -0.2) is 18.8 Å². The molecular weight excluding hydrogens is 346 g/mol. The van der Waals surface area contributed by atoms with Crippen LogP contribution in [0, 0.1) is 0 Å². The van der Waals surface area contributed by atoms with Crippen LogP contribution in [-0.2, 0) is 11.2 Å². The molecule has 0 saturated carbocycles. The van der Waals surface area contributed by atoms with Gasteiger partial charge in [-0.25, -0.2) is 0 Å². The Morgan fingerprint density at radius 3 is 2.59 bits per heavy atom. The van der Waals surface area contributed by atoms with Gasteiger partial charge in [0.2, 0.25) is 5.91 Å². The average Bonchev–Trinajstić information content (AvgIpc) is 2.47. The van der Waals surface area contributed by atoms with Gasteiger partial charge in [-0.1, -0.05) is 22.0 Å². The maximum atomic E-state index is 12.2. The van der Waals surface area contributed by atoms with Crippen molar-refractivity contribution in [3.8, 4) is 5.75 Å². The summed E-state index contributed by atoms with van der Waals surface area (Å²) in [5, 5.41) is 2.82. The van der Waals surface area contributed by atoms with Gasteiger partial charge in [-0.05, 0) is 43.3 Å². The molecule has 114 valence electrons. The molecule has 1 N–H and O–H groups in total. The molecule has 2 rings (SSSR count). The van der Waals surface area contributed by atoms with Crippen molar-refractivity contribution in [2.75, 3.05) is 12.4 Å². The summed E-state index contributed by atoms with van der Waals surface area (Å²) >= 11 is 3.36. The number of carbonyl (C=O) groups is 2. The highest BCUT2D eigenvalue weighted by Crippen LogP contribution is 2.22. The number of ketones is 1. The molecule has 0 radical (unpaired) electrons. The molecule has 2 aromatic rings. The molecule has 0 saturated heterocycles. The standard InChI is InChI=1S/C17H16BrNO3/c1-11(20)12-6-7-16(22-2)13(8-12)9-17(21)19-15-5-3-4-14(18)10-15/h3-8,10H,9H2,1-2H3,(H,19,21). The lowest BCUT2D eigenvalue weighted by molar-refractivity contribution is -0.115. The van der Waals surface area contributed by atoms with Crippen LogP contribution in [0.3, 0.4) is 0 Å². The molecule has 0 aliphatic carbocycles. The van der Waals surface area contributed by atoms with E-state index in [1.807, 2.05) is 24.3 Å². The number of benzene rings is 2. The van der Waals surface area contributed by atoms with Gasteiger partial charge in [0.15, 0.2) is 5.78 Å². The number of methoxy groups -OCH3 is 1. The predicted molar refractivity (Wildman–Crippen MR) is 89.5 cm³/mol. The maximum Gasteiger partial charge on any atom is 0.228 e. The Labute approximate surface area is 137 Å². The number of ether oxygens (including phenoxy) is 1. The number of carbonyl (C=O) groups excluding carboxylic acids is 2. The molecule has 22 heavy (non-hydrogen) atoms. The Balaban J connectivity index is 2.16. The van der Waals surface area contributed by atoms with Gasteiger partial charge in [-0.3, -0.25) is 9.59 Å². The van der Waals surface area contributed by atoms with Crippen molar-refractivity contribution >= 4 is 33.3 Å². The number of halogens is 1. The van der Waals surface area contributed by atoms with Crippen molar-refractivity contribution in [1.29, 1.82) is 0 Å². The first-order chi connectivity index (χ1) is 10.5. The molecule has 0 aliphatic heterocycles. The lowest BCUT2D eigenvalue weighted by Crippen LogP contribution is -2.15. The number of rotatable bonds is 5. The Kier molecular flexibility index (Phi) is 5.33. The average molecular weight is 362 g/mol. The zero-order chi connectivity index (χ0) is 16.1. The third kappa shape index (κ3) is 4.18. The van der Waals surface area contributed by atoms with E-state index in [4.69, 9.17) is 4.74 Å². The fraction of sp³-hybridized carbons (Fsp3) is 0.176. The van der Waals surface area contributed by atoms with E-state index < -0.39 is 0 Å². The summed E-state index contributed by atoms with van der Waals surface area (Å²) in [6.07, 6.45) is 0.136. The molecule has 4 nitrogen and oxygen atoms in total. The van der Waals surface area contributed by atoms with Gasteiger partial charge >= 0.3 is 0 Å². The van der Waals surface area contributed by atoms with Crippen LogP contribution < -0.4 is 10.1 Å². The molecule has 0 fully saturated rings. The van der Waals surface area contributed by atoms with Gasteiger partial charge in [0.05, 0.1) is 13.5 Å². The normalized spacial score (nSPS) is 10.1. The topological polar surface area (TPSA) is 55.4 Å². The van der Waals surface area contributed by atoms with Crippen LogP contribution in [0.25, 0.3) is 0 Å². The summed E-state index contributed by atoms with van der Waals surface area (Å²) in [4.78, 5) is 23.6. The van der Waals surface area contributed by atoms with E-state index in [2.05, 4.69) is 21.2 Å². The summed E-state index contributed by atoms with van der Waals surface area (Å²) in [6, 6.07) is 12.5. The van der Waals surface area contributed by atoms with E-state index in [1.54, 1.807) is 25.3 Å². The first-order valence-electron chi connectivity index (χ1n) is 6.73. The molecule has 0 aromatic heterocycles. The highest BCUT2D eigenvalue weighted by atomic mass is 79.9.